The Bertz CT molecular complexity index is 1230. The summed E-state index contributed by atoms with van der Waals surface area (Å²) in [7, 11) is 0. The number of carbonyl (C=O) groups is 1. The van der Waals surface area contributed by atoms with E-state index in [0.717, 1.165) is 11.1 Å². The number of benzene rings is 2. The minimum atomic E-state index is -2.94. The average Bonchev–Trinajstić information content (AvgIpc) is 3.18. The molecule has 6 nitrogen and oxygen atoms in total. The number of hydrazone groups is 1. The topological polar surface area (TPSA) is 66.8 Å². The lowest BCUT2D eigenvalue weighted by molar-refractivity contribution is -0.0498. The Kier molecular flexibility index (Phi) is 6.79. The van der Waals surface area contributed by atoms with Gasteiger partial charge in [-0.1, -0.05) is 34.1 Å². The molecule has 9 heteroatoms. The van der Waals surface area contributed by atoms with Crippen LogP contribution in [0.15, 0.2) is 76.6 Å². The molecule has 0 unspecified atom stereocenters. The number of nitrogens with zero attached hydrogens (tertiary/aromatic N) is 3. The van der Waals surface area contributed by atoms with Crippen molar-refractivity contribution in [3.05, 3.63) is 93.7 Å². The smallest absolute Gasteiger partial charge is 0.387 e. The molecule has 0 saturated carbocycles. The van der Waals surface area contributed by atoms with Crippen molar-refractivity contribution in [3.63, 3.8) is 0 Å². The number of halogens is 3. The van der Waals surface area contributed by atoms with Crippen LogP contribution in [0.25, 0.3) is 5.70 Å². The second kappa shape index (κ2) is 9.91. The summed E-state index contributed by atoms with van der Waals surface area (Å²) >= 11 is 3.36. The van der Waals surface area contributed by atoms with Crippen LogP contribution in [0.3, 0.4) is 0 Å². The summed E-state index contributed by atoms with van der Waals surface area (Å²) in [4.78, 5) is 16.2. The summed E-state index contributed by atoms with van der Waals surface area (Å²) in [6.45, 7) is -0.684. The standard InChI is InChI=1S/C24H19BrF2N4O2/c1-2-22(16-9-17(25)11-19(10-16)33-24(26)27)31(18-6-4-8-28-13-18)30-12-15-5-3-7-20-21(15)14-29-23(20)32/h2-13,24H,14H2,1H3,(H,29,32)/b22-2-,30-12+. The summed E-state index contributed by atoms with van der Waals surface area (Å²) < 4.78 is 30.8. The van der Waals surface area contributed by atoms with E-state index in [2.05, 4.69) is 31.0 Å². The molecule has 1 N–H and O–H groups in total. The Balaban J connectivity index is 1.77. The fourth-order valence-electron chi connectivity index (χ4n) is 3.56. The number of rotatable bonds is 7. The van der Waals surface area contributed by atoms with E-state index in [0.29, 0.717) is 33.5 Å². The van der Waals surface area contributed by atoms with Crippen LogP contribution in [-0.2, 0) is 6.54 Å². The van der Waals surface area contributed by atoms with Gasteiger partial charge in [0.15, 0.2) is 0 Å². The van der Waals surface area contributed by atoms with Crippen molar-refractivity contribution >= 4 is 39.4 Å². The first-order valence-corrected chi connectivity index (χ1v) is 10.8. The minimum absolute atomic E-state index is 0.0225. The molecule has 0 fully saturated rings. The Hall–Kier alpha value is -3.59. The van der Waals surface area contributed by atoms with Gasteiger partial charge in [-0.15, -0.1) is 0 Å². The normalized spacial score (nSPS) is 13.4. The lowest BCUT2D eigenvalue weighted by Crippen LogP contribution is -2.16. The monoisotopic (exact) mass is 512 g/mol. The van der Waals surface area contributed by atoms with Crippen LogP contribution in [-0.4, -0.2) is 23.7 Å². The van der Waals surface area contributed by atoms with Crippen molar-refractivity contribution in [2.45, 2.75) is 20.1 Å². The van der Waals surface area contributed by atoms with E-state index in [9.17, 15) is 13.6 Å². The molecule has 2 heterocycles. The largest absolute Gasteiger partial charge is 0.435 e. The second-order valence-corrected chi connectivity index (χ2v) is 7.97. The third-order valence-electron chi connectivity index (χ3n) is 4.98. The third-order valence-corrected chi connectivity index (χ3v) is 5.44. The maximum Gasteiger partial charge on any atom is 0.387 e. The van der Waals surface area contributed by atoms with Crippen molar-refractivity contribution in [1.29, 1.82) is 0 Å². The zero-order valence-corrected chi connectivity index (χ0v) is 19.1. The maximum absolute atomic E-state index is 12.8. The van der Waals surface area contributed by atoms with Gasteiger partial charge >= 0.3 is 6.61 Å². The first kappa shape index (κ1) is 22.6. The van der Waals surface area contributed by atoms with Gasteiger partial charge in [-0.05, 0) is 48.9 Å². The molecule has 1 aromatic heterocycles. The third kappa shape index (κ3) is 5.09. The van der Waals surface area contributed by atoms with Crippen LogP contribution >= 0.6 is 15.9 Å². The Morgan fingerprint density at radius 1 is 1.27 bits per heavy atom. The number of allylic oxidation sites excluding steroid dienone is 1. The van der Waals surface area contributed by atoms with Gasteiger partial charge in [-0.2, -0.15) is 13.9 Å². The quantitative estimate of drug-likeness (QED) is 0.331. The van der Waals surface area contributed by atoms with E-state index in [1.54, 1.807) is 47.9 Å². The number of aromatic nitrogens is 1. The van der Waals surface area contributed by atoms with Crippen LogP contribution in [0.2, 0.25) is 0 Å². The number of ether oxygens (including phenoxy) is 1. The number of anilines is 1. The van der Waals surface area contributed by atoms with Crippen molar-refractivity contribution in [2.75, 3.05) is 5.01 Å². The molecule has 0 spiro atoms. The first-order valence-electron chi connectivity index (χ1n) is 10.0. The fourth-order valence-corrected chi connectivity index (χ4v) is 4.03. The molecule has 0 radical (unpaired) electrons. The summed E-state index contributed by atoms with van der Waals surface area (Å²) in [5, 5.41) is 9.17. The number of amides is 1. The molecule has 2 aromatic carbocycles. The van der Waals surface area contributed by atoms with E-state index >= 15 is 0 Å². The molecular formula is C24H19BrF2N4O2. The number of pyridine rings is 1. The van der Waals surface area contributed by atoms with Crippen molar-refractivity contribution < 1.29 is 18.3 Å². The van der Waals surface area contributed by atoms with Gasteiger partial charge in [-0.3, -0.25) is 9.78 Å². The van der Waals surface area contributed by atoms with Crippen LogP contribution in [0.4, 0.5) is 14.5 Å². The van der Waals surface area contributed by atoms with Crippen LogP contribution < -0.4 is 15.1 Å². The van der Waals surface area contributed by atoms with E-state index in [-0.39, 0.29) is 11.7 Å². The predicted octanol–water partition coefficient (Wildman–Crippen LogP) is 5.59. The Labute approximate surface area is 197 Å². The lowest BCUT2D eigenvalue weighted by Gasteiger charge is -2.23. The Morgan fingerprint density at radius 3 is 2.85 bits per heavy atom. The molecule has 0 aliphatic carbocycles. The van der Waals surface area contributed by atoms with Crippen molar-refractivity contribution in [3.8, 4) is 5.75 Å². The fraction of sp³-hybridized carbons (Fsp3) is 0.125. The van der Waals surface area contributed by atoms with Crippen LogP contribution in [0.5, 0.6) is 5.75 Å². The average molecular weight is 513 g/mol. The van der Waals surface area contributed by atoms with Gasteiger partial charge < -0.3 is 10.1 Å². The highest BCUT2D eigenvalue weighted by atomic mass is 79.9. The van der Waals surface area contributed by atoms with Gasteiger partial charge in [-0.25, -0.2) is 5.01 Å². The molecule has 3 aromatic rings. The lowest BCUT2D eigenvalue weighted by atomic mass is 10.0. The number of fused-ring (bicyclic) bond motifs is 1. The van der Waals surface area contributed by atoms with Gasteiger partial charge in [0.05, 0.1) is 23.8 Å². The highest BCUT2D eigenvalue weighted by Gasteiger charge is 2.21. The molecule has 1 amide bonds. The first-order chi connectivity index (χ1) is 16.0. The molecule has 0 atom stereocenters. The molecule has 4 rings (SSSR count). The zero-order chi connectivity index (χ0) is 23.4. The number of alkyl halides is 2. The summed E-state index contributed by atoms with van der Waals surface area (Å²) in [6, 6.07) is 13.9. The summed E-state index contributed by atoms with van der Waals surface area (Å²) in [5.41, 5.74) is 4.19. The molecule has 0 bridgehead atoms. The van der Waals surface area contributed by atoms with E-state index < -0.39 is 6.61 Å². The molecule has 33 heavy (non-hydrogen) atoms. The predicted molar refractivity (Wildman–Crippen MR) is 126 cm³/mol. The molecule has 168 valence electrons. The zero-order valence-electron chi connectivity index (χ0n) is 17.5. The highest BCUT2D eigenvalue weighted by Crippen LogP contribution is 2.32. The number of nitrogens with one attached hydrogen (secondary N) is 1. The SMILES string of the molecule is C/C=C(/c1cc(Br)cc(OC(F)F)c1)N(/N=C/c1cccc2c1CNC2=O)c1cccnc1. The van der Waals surface area contributed by atoms with Gasteiger partial charge in [0.2, 0.25) is 0 Å². The summed E-state index contributed by atoms with van der Waals surface area (Å²) in [6.07, 6.45) is 6.79. The molecule has 1 aliphatic heterocycles. The number of hydrogen-bond donors (Lipinski definition) is 1. The molecular weight excluding hydrogens is 494 g/mol. The Morgan fingerprint density at radius 2 is 2.12 bits per heavy atom. The van der Waals surface area contributed by atoms with E-state index in [1.807, 2.05) is 25.1 Å². The van der Waals surface area contributed by atoms with Gasteiger partial charge in [0.25, 0.3) is 5.91 Å². The number of carbonyl (C=O) groups excluding carboxylic acids is 1. The molecule has 1 aliphatic rings. The molecule has 0 saturated heterocycles. The van der Waals surface area contributed by atoms with Gasteiger partial charge in [0, 0.05) is 33.9 Å². The van der Waals surface area contributed by atoms with Crippen LogP contribution in [0, 0.1) is 0 Å². The number of hydrogen-bond acceptors (Lipinski definition) is 5. The van der Waals surface area contributed by atoms with Gasteiger partial charge in [0.1, 0.15) is 5.75 Å². The highest BCUT2D eigenvalue weighted by molar-refractivity contribution is 9.10. The second-order valence-electron chi connectivity index (χ2n) is 7.05. The van der Waals surface area contributed by atoms with Crippen LogP contribution in [0.1, 0.15) is 34.0 Å². The van der Waals surface area contributed by atoms with E-state index in [4.69, 9.17) is 5.10 Å². The minimum Gasteiger partial charge on any atom is -0.435 e. The van der Waals surface area contributed by atoms with E-state index in [1.165, 1.54) is 12.1 Å². The maximum atomic E-state index is 12.8. The van der Waals surface area contributed by atoms with Crippen molar-refractivity contribution in [1.82, 2.24) is 10.3 Å². The summed E-state index contributed by atoms with van der Waals surface area (Å²) in [5.74, 6) is -0.0893. The van der Waals surface area contributed by atoms with Crippen molar-refractivity contribution in [2.24, 2.45) is 5.10 Å².